The molecule has 0 spiro atoms. The standard InChI is InChI=1S/C22H25N3O4/c26-21(8-6-15-9-10-23-12-15)25-18-4-2-1-3-17(18)22(27)24-13-16-5-7-19-20(11-16)29-14-28-19/h1-5,7,11,15,23H,6,8-10,12-14H2,(H,24,27)(H,25,26). The van der Waals surface area contributed by atoms with Gasteiger partial charge in [-0.15, -0.1) is 0 Å². The van der Waals surface area contributed by atoms with E-state index < -0.39 is 0 Å². The third-order valence-electron chi connectivity index (χ3n) is 5.28. The summed E-state index contributed by atoms with van der Waals surface area (Å²) in [5, 5.41) is 9.10. The summed E-state index contributed by atoms with van der Waals surface area (Å²) in [5.74, 6) is 1.65. The zero-order valence-corrected chi connectivity index (χ0v) is 16.2. The molecule has 0 aliphatic carbocycles. The van der Waals surface area contributed by atoms with E-state index in [0.717, 1.165) is 31.5 Å². The molecule has 7 heteroatoms. The lowest BCUT2D eigenvalue weighted by Gasteiger charge is -2.13. The predicted octanol–water partition coefficient (Wildman–Crippen LogP) is 2.67. The van der Waals surface area contributed by atoms with Gasteiger partial charge in [0.1, 0.15) is 0 Å². The molecule has 2 aromatic carbocycles. The summed E-state index contributed by atoms with van der Waals surface area (Å²) in [6, 6.07) is 12.6. The fraction of sp³-hybridized carbons (Fsp3) is 0.364. The number of amides is 2. The van der Waals surface area contributed by atoms with Crippen molar-refractivity contribution >= 4 is 17.5 Å². The van der Waals surface area contributed by atoms with Crippen LogP contribution in [0.1, 0.15) is 35.2 Å². The second-order valence-corrected chi connectivity index (χ2v) is 7.36. The number of anilines is 1. The van der Waals surface area contributed by atoms with E-state index in [1.165, 1.54) is 0 Å². The third-order valence-corrected chi connectivity index (χ3v) is 5.28. The lowest BCUT2D eigenvalue weighted by atomic mass is 10.0. The molecule has 2 heterocycles. The molecule has 29 heavy (non-hydrogen) atoms. The summed E-state index contributed by atoms with van der Waals surface area (Å²) in [5.41, 5.74) is 1.89. The van der Waals surface area contributed by atoms with Crippen molar-refractivity contribution < 1.29 is 19.1 Å². The molecule has 0 radical (unpaired) electrons. The predicted molar refractivity (Wildman–Crippen MR) is 109 cm³/mol. The topological polar surface area (TPSA) is 88.7 Å². The van der Waals surface area contributed by atoms with Gasteiger partial charge in [0.15, 0.2) is 11.5 Å². The minimum Gasteiger partial charge on any atom is -0.454 e. The highest BCUT2D eigenvalue weighted by atomic mass is 16.7. The van der Waals surface area contributed by atoms with Crippen LogP contribution in [0.4, 0.5) is 5.69 Å². The van der Waals surface area contributed by atoms with E-state index >= 15 is 0 Å². The van der Waals surface area contributed by atoms with Gasteiger partial charge < -0.3 is 25.4 Å². The number of nitrogens with one attached hydrogen (secondary N) is 3. The minimum absolute atomic E-state index is 0.0621. The Kier molecular flexibility index (Phi) is 5.95. The van der Waals surface area contributed by atoms with Gasteiger partial charge in [0.2, 0.25) is 12.7 Å². The quantitative estimate of drug-likeness (QED) is 0.671. The molecule has 0 bridgehead atoms. The highest BCUT2D eigenvalue weighted by Crippen LogP contribution is 2.32. The number of hydrogen-bond acceptors (Lipinski definition) is 5. The van der Waals surface area contributed by atoms with Crippen LogP contribution in [0.25, 0.3) is 0 Å². The molecule has 1 fully saturated rings. The largest absolute Gasteiger partial charge is 0.454 e. The maximum atomic E-state index is 12.7. The number of fused-ring (bicyclic) bond motifs is 1. The van der Waals surface area contributed by atoms with Gasteiger partial charge in [0, 0.05) is 13.0 Å². The summed E-state index contributed by atoms with van der Waals surface area (Å²) in [7, 11) is 0. The van der Waals surface area contributed by atoms with Crippen molar-refractivity contribution in [2.24, 2.45) is 5.92 Å². The first-order chi connectivity index (χ1) is 14.2. The van der Waals surface area contributed by atoms with Crippen LogP contribution >= 0.6 is 0 Å². The van der Waals surface area contributed by atoms with E-state index in [9.17, 15) is 9.59 Å². The van der Waals surface area contributed by atoms with Crippen LogP contribution in [-0.4, -0.2) is 31.7 Å². The van der Waals surface area contributed by atoms with E-state index in [1.54, 1.807) is 18.2 Å². The van der Waals surface area contributed by atoms with Crippen molar-refractivity contribution in [2.45, 2.75) is 25.8 Å². The SMILES string of the molecule is O=C(CCC1CCNC1)Nc1ccccc1C(=O)NCc1ccc2c(c1)OCO2. The second-order valence-electron chi connectivity index (χ2n) is 7.36. The summed E-state index contributed by atoms with van der Waals surface area (Å²) in [6.07, 6.45) is 2.43. The molecule has 7 nitrogen and oxygen atoms in total. The highest BCUT2D eigenvalue weighted by molar-refractivity contribution is 6.03. The van der Waals surface area contributed by atoms with E-state index in [4.69, 9.17) is 9.47 Å². The van der Waals surface area contributed by atoms with E-state index in [1.807, 2.05) is 24.3 Å². The first kappa shape index (κ1) is 19.3. The Morgan fingerprint density at radius 1 is 1.10 bits per heavy atom. The lowest BCUT2D eigenvalue weighted by molar-refractivity contribution is -0.116. The van der Waals surface area contributed by atoms with Gasteiger partial charge in [-0.3, -0.25) is 9.59 Å². The minimum atomic E-state index is -0.237. The molecular formula is C22H25N3O4. The molecule has 2 aliphatic heterocycles. The van der Waals surface area contributed by atoms with Gasteiger partial charge in [-0.1, -0.05) is 18.2 Å². The van der Waals surface area contributed by atoms with Crippen LogP contribution in [0.3, 0.4) is 0 Å². The Labute approximate surface area is 169 Å². The Morgan fingerprint density at radius 2 is 1.97 bits per heavy atom. The summed E-state index contributed by atoms with van der Waals surface area (Å²) >= 11 is 0. The molecule has 3 N–H and O–H groups in total. The zero-order chi connectivity index (χ0) is 20.1. The normalized spacial score (nSPS) is 17.2. The maximum absolute atomic E-state index is 12.7. The first-order valence-electron chi connectivity index (χ1n) is 9.95. The number of ether oxygens (including phenoxy) is 2. The lowest BCUT2D eigenvalue weighted by Crippen LogP contribution is -2.25. The zero-order valence-electron chi connectivity index (χ0n) is 16.2. The third kappa shape index (κ3) is 4.86. The van der Waals surface area contributed by atoms with Crippen LogP contribution in [-0.2, 0) is 11.3 Å². The van der Waals surface area contributed by atoms with Crippen LogP contribution in [0.15, 0.2) is 42.5 Å². The molecular weight excluding hydrogens is 370 g/mol. The van der Waals surface area contributed by atoms with Crippen LogP contribution in [0.5, 0.6) is 11.5 Å². The molecule has 2 aromatic rings. The molecule has 152 valence electrons. The van der Waals surface area contributed by atoms with Crippen molar-refractivity contribution in [3.8, 4) is 11.5 Å². The highest BCUT2D eigenvalue weighted by Gasteiger charge is 2.18. The van der Waals surface area contributed by atoms with Gasteiger partial charge in [0.05, 0.1) is 11.3 Å². The number of para-hydroxylation sites is 1. The smallest absolute Gasteiger partial charge is 0.253 e. The summed E-state index contributed by atoms with van der Waals surface area (Å²) in [6.45, 7) is 2.58. The Bertz CT molecular complexity index is 893. The second kappa shape index (κ2) is 8.96. The van der Waals surface area contributed by atoms with Crippen LogP contribution in [0.2, 0.25) is 0 Å². The Morgan fingerprint density at radius 3 is 2.83 bits per heavy atom. The van der Waals surface area contributed by atoms with Gasteiger partial charge in [-0.2, -0.15) is 0 Å². The van der Waals surface area contributed by atoms with Gasteiger partial charge in [-0.05, 0) is 61.7 Å². The van der Waals surface area contributed by atoms with Crippen molar-refractivity contribution in [3.05, 3.63) is 53.6 Å². The Hall–Kier alpha value is -3.06. The van der Waals surface area contributed by atoms with E-state index in [2.05, 4.69) is 16.0 Å². The van der Waals surface area contributed by atoms with Crippen molar-refractivity contribution in [1.82, 2.24) is 10.6 Å². The molecule has 0 aromatic heterocycles. The number of rotatable bonds is 7. The molecule has 0 saturated carbocycles. The van der Waals surface area contributed by atoms with Crippen molar-refractivity contribution in [1.29, 1.82) is 0 Å². The average Bonchev–Trinajstić information content (AvgIpc) is 3.42. The van der Waals surface area contributed by atoms with E-state index in [-0.39, 0.29) is 18.6 Å². The van der Waals surface area contributed by atoms with Gasteiger partial charge in [-0.25, -0.2) is 0 Å². The Balaban J connectivity index is 1.34. The van der Waals surface area contributed by atoms with Gasteiger partial charge in [0.25, 0.3) is 5.91 Å². The molecule has 2 amide bonds. The van der Waals surface area contributed by atoms with Crippen LogP contribution < -0.4 is 25.4 Å². The fourth-order valence-electron chi connectivity index (χ4n) is 3.63. The number of hydrogen-bond donors (Lipinski definition) is 3. The molecule has 4 rings (SSSR count). The van der Waals surface area contributed by atoms with Crippen molar-refractivity contribution in [2.75, 3.05) is 25.2 Å². The van der Waals surface area contributed by atoms with Crippen LogP contribution in [0, 0.1) is 5.92 Å². The first-order valence-corrected chi connectivity index (χ1v) is 9.95. The number of carbonyl (C=O) groups is 2. The monoisotopic (exact) mass is 395 g/mol. The van der Waals surface area contributed by atoms with Crippen molar-refractivity contribution in [3.63, 3.8) is 0 Å². The molecule has 1 atom stereocenters. The fourth-order valence-corrected chi connectivity index (χ4v) is 3.63. The molecule has 1 unspecified atom stereocenters. The number of benzene rings is 2. The summed E-state index contributed by atoms with van der Waals surface area (Å²) in [4.78, 5) is 25.0. The summed E-state index contributed by atoms with van der Waals surface area (Å²) < 4.78 is 10.7. The van der Waals surface area contributed by atoms with Gasteiger partial charge >= 0.3 is 0 Å². The average molecular weight is 395 g/mol. The maximum Gasteiger partial charge on any atom is 0.253 e. The van der Waals surface area contributed by atoms with E-state index in [0.29, 0.717) is 41.6 Å². The number of carbonyl (C=O) groups excluding carboxylic acids is 2. The molecule has 1 saturated heterocycles. The molecule has 2 aliphatic rings.